The van der Waals surface area contributed by atoms with Crippen molar-refractivity contribution in [3.05, 3.63) is 11.6 Å². The molecular weight excluding hydrogens is 1420 g/mol. The minimum atomic E-state index is -2.14. The second-order valence-corrected chi connectivity index (χ2v) is 34.0. The van der Waals surface area contributed by atoms with E-state index in [1.165, 1.54) is 20.8 Å². The van der Waals surface area contributed by atoms with Crippen LogP contribution in [0.15, 0.2) is 11.6 Å². The minimum Gasteiger partial charge on any atom is -0.432 e. The first-order valence-electron chi connectivity index (χ1n) is 37.1. The SMILES string of the molecule is C[C@@H]1O[C@@H](O[C@H]2[C@H](OC(=O)[C@]34CCC(C)(C)C[C@H]3C3=CC[C@@H]5[C@@]6(C)C[C@H](O)[C@H](O[C@@H]7O[C@H](CO[C@@H]8O[C@H](C)[C@H](O)[C@H](O)[C@H]8O)[C@@H](O)[C@H](O)[C@H]7O)[C@@](C)(CO)[C@@H]6CC[C@@]5(C)[C@]3(C)C[C@H]4O)O[C@H](C)[C@H](O)[C@@H]2O[C@@H]2O[C@H](CO)[C@@H](O)[C@H](O)[C@H]2O)[C@H](O)[C@H](O)[C@H]1O[C@@H]1OC[C@@H](O[C@@H]2OC[C@](O)(CO)[C@H]2O)[C@H](O)[C@H]1O. The predicted octanol–water partition coefficient (Wildman–Crippen LogP) is -7.29. The lowest BCUT2D eigenvalue weighted by Crippen LogP contribution is -2.71. The molecule has 0 aromatic carbocycles. The van der Waals surface area contributed by atoms with Crippen molar-refractivity contribution in [2.24, 2.45) is 50.2 Å². The average Bonchev–Trinajstić information content (AvgIpc) is 0.684. The Morgan fingerprint density at radius 2 is 1.08 bits per heavy atom. The lowest BCUT2D eigenvalue weighted by Gasteiger charge is -2.72. The molecule has 11 fully saturated rings. The Kier molecular flexibility index (Phi) is 24.3. The summed E-state index contributed by atoms with van der Waals surface area (Å²) < 4.78 is 83.8. The lowest BCUT2D eigenvalue weighted by atomic mass is 9.33. The Balaban J connectivity index is 0.792. The zero-order valence-corrected chi connectivity index (χ0v) is 60.9. The fraction of sp³-hybridized carbons (Fsp3) is 0.957. The minimum absolute atomic E-state index is 0.00445. The van der Waals surface area contributed by atoms with Crippen LogP contribution in [0.3, 0.4) is 0 Å². The number of aliphatic hydroxyl groups excluding tert-OH is 20. The molecule has 7 saturated heterocycles. The topological polar surface area (TPSA) is 571 Å². The number of hydrogen-bond donors (Lipinski definition) is 21. The third-order valence-electron chi connectivity index (χ3n) is 27.1. The van der Waals surface area contributed by atoms with Crippen molar-refractivity contribution in [1.29, 1.82) is 0 Å². The molecule has 0 spiro atoms. The number of rotatable bonds is 18. The number of allylic oxidation sites excluding steroid dienone is 2. The normalized spacial score (nSPS) is 56.1. The van der Waals surface area contributed by atoms with Crippen molar-refractivity contribution in [2.75, 3.05) is 39.6 Å². The molecule has 0 radical (unpaired) electrons. The van der Waals surface area contributed by atoms with Crippen LogP contribution >= 0.6 is 0 Å². The highest BCUT2D eigenvalue weighted by atomic mass is 16.8. The summed E-state index contributed by atoms with van der Waals surface area (Å²) >= 11 is 0. The van der Waals surface area contributed by atoms with Crippen LogP contribution in [0.4, 0.5) is 0 Å². The standard InChI is InChI=1S/C70H114O36/c1-25-37(76)42(81)47(86)56(96-25)93-20-32-40(79)44(83)49(88)60(100-32)105-55-30(74)17-65(6)34(66(55,7)22-72)12-13-67(8)35(65)11-10-28-29-16-64(4,5)14-15-70(29,36(75)18-68(28,67)9)63(91)106-61-53(52(38(77)26(2)97-61)103-59-48(87)43(82)39(78)31(19-71)99-59)104-58-50(89)45(84)51(27(3)98-58)102-57-46(85)41(80)33(21-94-57)101-62-54(90)69(92,23-73)24-95-62/h10,25-27,29-62,71-90,92H,11-24H2,1-9H3/t25-,26-,27+,29+,30+,31-,32-,33-,34-,35-,36-,37+,38+,39-,40-,41+,42+,43+,44+,45+,46-,47-,48-,49-,50-,51+,52+,53-,54+,55+,56-,57+,58+,59+,60+,61+,62+,65+,66+,67-,68-,69-,70-/m1/s1. The van der Waals surface area contributed by atoms with Gasteiger partial charge in [0.05, 0.1) is 76.3 Å². The Morgan fingerprint density at radius 3 is 1.73 bits per heavy atom. The van der Waals surface area contributed by atoms with E-state index in [9.17, 15) is 107 Å². The number of esters is 1. The van der Waals surface area contributed by atoms with E-state index in [2.05, 4.69) is 40.7 Å². The van der Waals surface area contributed by atoms with Crippen LogP contribution in [0.5, 0.6) is 0 Å². The molecule has 12 aliphatic rings. The quantitative estimate of drug-likeness (QED) is 0.0344. The van der Waals surface area contributed by atoms with E-state index in [4.69, 9.17) is 66.3 Å². The molecule has 610 valence electrons. The van der Waals surface area contributed by atoms with Crippen LogP contribution in [0.1, 0.15) is 114 Å². The van der Waals surface area contributed by atoms with Gasteiger partial charge in [0.25, 0.3) is 0 Å². The first-order chi connectivity index (χ1) is 49.6. The highest BCUT2D eigenvalue weighted by Gasteiger charge is 2.74. The van der Waals surface area contributed by atoms with Gasteiger partial charge in [-0.25, -0.2) is 0 Å². The van der Waals surface area contributed by atoms with Crippen LogP contribution in [0.2, 0.25) is 0 Å². The first-order valence-corrected chi connectivity index (χ1v) is 37.1. The van der Waals surface area contributed by atoms with Gasteiger partial charge in [0.15, 0.2) is 43.8 Å². The van der Waals surface area contributed by atoms with Crippen molar-refractivity contribution < 1.29 is 178 Å². The Labute approximate surface area is 612 Å². The van der Waals surface area contributed by atoms with Crippen LogP contribution in [0, 0.1) is 50.2 Å². The number of ether oxygens (including phenoxy) is 14. The van der Waals surface area contributed by atoms with Crippen molar-refractivity contribution in [2.45, 2.75) is 328 Å². The van der Waals surface area contributed by atoms with Crippen molar-refractivity contribution in [3.63, 3.8) is 0 Å². The van der Waals surface area contributed by atoms with Gasteiger partial charge in [0.2, 0.25) is 6.29 Å². The Morgan fingerprint density at radius 1 is 0.509 bits per heavy atom. The molecule has 0 aromatic rings. The summed E-state index contributed by atoms with van der Waals surface area (Å²) in [7, 11) is 0. The molecule has 21 N–H and O–H groups in total. The van der Waals surface area contributed by atoms with E-state index in [1.54, 1.807) is 6.92 Å². The van der Waals surface area contributed by atoms with Gasteiger partial charge in [-0.15, -0.1) is 0 Å². The number of aliphatic hydroxyl groups is 21. The van der Waals surface area contributed by atoms with Gasteiger partial charge in [0, 0.05) is 5.41 Å². The highest BCUT2D eigenvalue weighted by Crippen LogP contribution is 2.76. The zero-order valence-electron chi connectivity index (χ0n) is 60.9. The molecule has 7 aliphatic heterocycles. The maximum atomic E-state index is 16.1. The third-order valence-corrected chi connectivity index (χ3v) is 27.1. The molecule has 0 unspecified atom stereocenters. The summed E-state index contributed by atoms with van der Waals surface area (Å²) in [6.07, 6.45) is -53.2. The fourth-order valence-electron chi connectivity index (χ4n) is 20.4. The molecule has 0 amide bonds. The Hall–Kier alpha value is -2.15. The molecule has 106 heavy (non-hydrogen) atoms. The molecular formula is C70H114O36. The predicted molar refractivity (Wildman–Crippen MR) is 349 cm³/mol. The number of carbonyl (C=O) groups excluding carboxylic acids is 1. The van der Waals surface area contributed by atoms with Crippen LogP contribution in [-0.4, -0.2) is 367 Å². The van der Waals surface area contributed by atoms with E-state index in [0.29, 0.717) is 32.1 Å². The molecule has 36 nitrogen and oxygen atoms in total. The van der Waals surface area contributed by atoms with E-state index >= 15 is 4.79 Å². The van der Waals surface area contributed by atoms with Gasteiger partial charge in [-0.2, -0.15) is 0 Å². The largest absolute Gasteiger partial charge is 0.432 e. The van der Waals surface area contributed by atoms with E-state index in [1.807, 2.05) is 0 Å². The maximum Gasteiger partial charge on any atom is 0.317 e. The van der Waals surface area contributed by atoms with Gasteiger partial charge >= 0.3 is 5.97 Å². The summed E-state index contributed by atoms with van der Waals surface area (Å²) in [5.41, 5.74) is -7.01. The van der Waals surface area contributed by atoms with Gasteiger partial charge in [-0.1, -0.05) is 53.2 Å². The highest BCUT2D eigenvalue weighted by molar-refractivity contribution is 5.80. The van der Waals surface area contributed by atoms with E-state index in [-0.39, 0.29) is 25.2 Å². The summed E-state index contributed by atoms with van der Waals surface area (Å²) in [5.74, 6) is -2.37. The fourth-order valence-corrected chi connectivity index (χ4v) is 20.4. The van der Waals surface area contributed by atoms with Crippen LogP contribution in [0.25, 0.3) is 0 Å². The molecule has 12 rings (SSSR count). The maximum absolute atomic E-state index is 16.1. The molecule has 36 heteroatoms. The van der Waals surface area contributed by atoms with Crippen molar-refractivity contribution in [1.82, 2.24) is 0 Å². The van der Waals surface area contributed by atoms with E-state index in [0.717, 1.165) is 5.57 Å². The summed E-state index contributed by atoms with van der Waals surface area (Å²) in [6.45, 7) is 12.5. The number of carbonyl (C=O) groups is 1. The second-order valence-electron chi connectivity index (χ2n) is 34.0. The molecule has 43 atom stereocenters. The molecule has 5 aliphatic carbocycles. The molecule has 0 aromatic heterocycles. The summed E-state index contributed by atoms with van der Waals surface area (Å²) in [4.78, 5) is 16.1. The van der Waals surface area contributed by atoms with Gasteiger partial charge in [-0.05, 0) is 112 Å². The average molecular weight is 1530 g/mol. The molecule has 7 heterocycles. The van der Waals surface area contributed by atoms with Crippen molar-refractivity contribution >= 4 is 5.97 Å². The smallest absolute Gasteiger partial charge is 0.317 e. The molecule has 4 saturated carbocycles. The molecule has 0 bridgehead atoms. The van der Waals surface area contributed by atoms with Gasteiger partial charge < -0.3 is 174 Å². The second kappa shape index (κ2) is 30.9. The van der Waals surface area contributed by atoms with Gasteiger partial charge in [0.1, 0.15) is 133 Å². The van der Waals surface area contributed by atoms with Crippen LogP contribution in [-0.2, 0) is 71.1 Å². The van der Waals surface area contributed by atoms with Crippen LogP contribution < -0.4 is 0 Å². The van der Waals surface area contributed by atoms with E-state index < -0.39 is 304 Å². The monoisotopic (exact) mass is 1530 g/mol. The summed E-state index contributed by atoms with van der Waals surface area (Å²) in [5, 5.41) is 235. The number of fused-ring (bicyclic) bond motifs is 7. The number of hydrogen-bond acceptors (Lipinski definition) is 36. The first kappa shape index (κ1) is 83.3. The zero-order chi connectivity index (χ0) is 77.5. The van der Waals surface area contributed by atoms with Gasteiger partial charge in [-0.3, -0.25) is 4.79 Å². The summed E-state index contributed by atoms with van der Waals surface area (Å²) in [6, 6.07) is 0. The third kappa shape index (κ3) is 14.0. The Bertz CT molecular complexity index is 3050. The van der Waals surface area contributed by atoms with Crippen molar-refractivity contribution in [3.8, 4) is 0 Å². The lowest BCUT2D eigenvalue weighted by molar-refractivity contribution is -0.392.